The average Bonchev–Trinajstić information content (AvgIpc) is 3.35. The Labute approximate surface area is 194 Å². The Morgan fingerprint density at radius 3 is 2.15 bits per heavy atom. The lowest BCUT2D eigenvalue weighted by Crippen LogP contribution is -2.20. The van der Waals surface area contributed by atoms with E-state index in [0.717, 1.165) is 33.2 Å². The summed E-state index contributed by atoms with van der Waals surface area (Å²) in [6, 6.07) is 30.5. The first kappa shape index (κ1) is 20.5. The van der Waals surface area contributed by atoms with Crippen molar-refractivity contribution in [2.24, 2.45) is 5.10 Å². The van der Waals surface area contributed by atoms with Gasteiger partial charge in [-0.05, 0) is 23.8 Å². The van der Waals surface area contributed by atoms with Crippen LogP contribution in [-0.4, -0.2) is 21.0 Å². The van der Waals surface area contributed by atoms with Gasteiger partial charge in [0.25, 0.3) is 5.56 Å². The van der Waals surface area contributed by atoms with Crippen molar-refractivity contribution in [2.45, 2.75) is 0 Å². The highest BCUT2D eigenvalue weighted by atomic mass is 32.1. The molecular formula is C26H19N5OS. The Morgan fingerprint density at radius 1 is 0.788 bits per heavy atom. The van der Waals surface area contributed by atoms with E-state index < -0.39 is 0 Å². The molecule has 0 aliphatic carbocycles. The Balaban J connectivity index is 1.29. The molecule has 0 radical (unpaired) electrons. The van der Waals surface area contributed by atoms with Crippen LogP contribution in [0.25, 0.3) is 28.2 Å². The van der Waals surface area contributed by atoms with Crippen LogP contribution in [0.1, 0.15) is 5.56 Å². The van der Waals surface area contributed by atoms with Crippen LogP contribution in [-0.2, 0) is 0 Å². The van der Waals surface area contributed by atoms with Crippen molar-refractivity contribution in [1.82, 2.24) is 14.8 Å². The van der Waals surface area contributed by atoms with Gasteiger partial charge >= 0.3 is 0 Å². The number of aromatic nitrogens is 3. The highest BCUT2D eigenvalue weighted by molar-refractivity contribution is 7.14. The van der Waals surface area contributed by atoms with Crippen LogP contribution < -0.4 is 11.0 Å². The summed E-state index contributed by atoms with van der Waals surface area (Å²) < 4.78 is 1.40. The number of nitrogens with one attached hydrogen (secondary N) is 1. The van der Waals surface area contributed by atoms with Crippen molar-refractivity contribution in [3.05, 3.63) is 118 Å². The third kappa shape index (κ3) is 4.78. The summed E-state index contributed by atoms with van der Waals surface area (Å²) in [5.41, 5.74) is 8.05. The first-order valence-corrected chi connectivity index (χ1v) is 11.2. The first-order chi connectivity index (χ1) is 16.3. The lowest BCUT2D eigenvalue weighted by Gasteiger charge is -2.07. The van der Waals surface area contributed by atoms with E-state index in [1.165, 1.54) is 22.1 Å². The van der Waals surface area contributed by atoms with Gasteiger partial charge in [0.15, 0.2) is 0 Å². The topological polar surface area (TPSA) is 72.2 Å². The minimum Gasteiger partial charge on any atom is -0.267 e. The molecule has 5 rings (SSSR count). The van der Waals surface area contributed by atoms with Crippen LogP contribution in [0, 0.1) is 0 Å². The standard InChI is InChI=1S/C26H19N5OS/c32-25-16-15-23(20-7-3-1-4-8-20)30-31(25)22-13-11-19(12-14-22)17-27-29-26-28-24(18-33-26)21-9-5-2-6-10-21/h1-18H,(H,28,29)/b27-17+. The summed E-state index contributed by atoms with van der Waals surface area (Å²) in [5.74, 6) is 0. The van der Waals surface area contributed by atoms with E-state index in [2.05, 4.69) is 20.6 Å². The van der Waals surface area contributed by atoms with Crippen molar-refractivity contribution in [2.75, 3.05) is 5.43 Å². The van der Waals surface area contributed by atoms with E-state index in [-0.39, 0.29) is 5.56 Å². The molecular weight excluding hydrogens is 430 g/mol. The summed E-state index contributed by atoms with van der Waals surface area (Å²) in [7, 11) is 0. The van der Waals surface area contributed by atoms with E-state index in [0.29, 0.717) is 5.69 Å². The quantitative estimate of drug-likeness (QED) is 0.276. The number of anilines is 1. The van der Waals surface area contributed by atoms with Gasteiger partial charge in [-0.3, -0.25) is 10.2 Å². The Kier molecular flexibility index (Phi) is 5.86. The second-order valence-electron chi connectivity index (χ2n) is 7.20. The van der Waals surface area contributed by atoms with E-state index in [1.807, 2.05) is 90.3 Å². The average molecular weight is 450 g/mol. The van der Waals surface area contributed by atoms with Gasteiger partial charge in [-0.25, -0.2) is 4.98 Å². The highest BCUT2D eigenvalue weighted by Gasteiger charge is 2.06. The van der Waals surface area contributed by atoms with Crippen molar-refractivity contribution < 1.29 is 0 Å². The number of nitrogens with zero attached hydrogens (tertiary/aromatic N) is 4. The molecule has 0 bridgehead atoms. The largest absolute Gasteiger partial charge is 0.271 e. The Bertz CT molecular complexity index is 1440. The normalized spacial score (nSPS) is 11.0. The molecule has 0 atom stereocenters. The number of hydrazone groups is 1. The number of thiazole rings is 1. The predicted molar refractivity (Wildman–Crippen MR) is 134 cm³/mol. The molecule has 0 saturated carbocycles. The number of hydrogen-bond acceptors (Lipinski definition) is 6. The maximum absolute atomic E-state index is 12.4. The fraction of sp³-hybridized carbons (Fsp3) is 0. The number of benzene rings is 3. The zero-order valence-corrected chi connectivity index (χ0v) is 18.3. The van der Waals surface area contributed by atoms with Gasteiger partial charge in [-0.2, -0.15) is 14.9 Å². The predicted octanol–water partition coefficient (Wildman–Crippen LogP) is 5.47. The van der Waals surface area contributed by atoms with Gasteiger partial charge in [0.05, 0.1) is 23.3 Å². The minimum absolute atomic E-state index is 0.184. The maximum atomic E-state index is 12.4. The van der Waals surface area contributed by atoms with Crippen LogP contribution in [0.15, 0.2) is 112 Å². The van der Waals surface area contributed by atoms with Gasteiger partial charge in [0, 0.05) is 22.6 Å². The first-order valence-electron chi connectivity index (χ1n) is 10.3. The van der Waals surface area contributed by atoms with E-state index in [1.54, 1.807) is 12.3 Å². The monoisotopic (exact) mass is 449 g/mol. The SMILES string of the molecule is O=c1ccc(-c2ccccc2)nn1-c1ccc(/C=N/Nc2nc(-c3ccccc3)cs2)cc1. The summed E-state index contributed by atoms with van der Waals surface area (Å²) >= 11 is 1.50. The molecule has 6 nitrogen and oxygen atoms in total. The van der Waals surface area contributed by atoms with Crippen molar-refractivity contribution in [1.29, 1.82) is 0 Å². The maximum Gasteiger partial charge on any atom is 0.271 e. The molecule has 0 spiro atoms. The second kappa shape index (κ2) is 9.42. The fourth-order valence-corrected chi connectivity index (χ4v) is 3.96. The lowest BCUT2D eigenvalue weighted by molar-refractivity contribution is 0.812. The van der Waals surface area contributed by atoms with E-state index >= 15 is 0 Å². The molecule has 1 N–H and O–H groups in total. The molecule has 7 heteroatoms. The van der Waals surface area contributed by atoms with Gasteiger partial charge in [-0.1, -0.05) is 72.8 Å². The zero-order chi connectivity index (χ0) is 22.5. The minimum atomic E-state index is -0.184. The molecule has 160 valence electrons. The van der Waals surface area contributed by atoms with Crippen LogP contribution in [0.4, 0.5) is 5.13 Å². The summed E-state index contributed by atoms with van der Waals surface area (Å²) in [5, 5.41) is 11.5. The van der Waals surface area contributed by atoms with Crippen LogP contribution in [0.3, 0.4) is 0 Å². The molecule has 0 aliphatic rings. The molecule has 2 aromatic heterocycles. The third-order valence-electron chi connectivity index (χ3n) is 4.96. The molecule has 2 heterocycles. The van der Waals surface area contributed by atoms with Crippen LogP contribution >= 0.6 is 11.3 Å². The van der Waals surface area contributed by atoms with Gasteiger partial charge in [-0.15, -0.1) is 11.3 Å². The van der Waals surface area contributed by atoms with Gasteiger partial charge in [0.1, 0.15) is 0 Å². The molecule has 5 aromatic rings. The van der Waals surface area contributed by atoms with Crippen molar-refractivity contribution in [3.63, 3.8) is 0 Å². The van der Waals surface area contributed by atoms with E-state index in [4.69, 9.17) is 0 Å². The smallest absolute Gasteiger partial charge is 0.267 e. The zero-order valence-electron chi connectivity index (χ0n) is 17.5. The molecule has 0 fully saturated rings. The fourth-order valence-electron chi connectivity index (χ4n) is 3.29. The Morgan fingerprint density at radius 2 is 1.45 bits per heavy atom. The summed E-state index contributed by atoms with van der Waals surface area (Å²) in [6.07, 6.45) is 1.71. The molecule has 0 aliphatic heterocycles. The van der Waals surface area contributed by atoms with Crippen LogP contribution in [0.5, 0.6) is 0 Å². The molecule has 0 amide bonds. The van der Waals surface area contributed by atoms with Crippen molar-refractivity contribution in [3.8, 4) is 28.2 Å². The number of hydrogen-bond donors (Lipinski definition) is 1. The molecule has 33 heavy (non-hydrogen) atoms. The summed E-state index contributed by atoms with van der Waals surface area (Å²) in [6.45, 7) is 0. The number of rotatable bonds is 6. The third-order valence-corrected chi connectivity index (χ3v) is 5.70. The summed E-state index contributed by atoms with van der Waals surface area (Å²) in [4.78, 5) is 16.9. The van der Waals surface area contributed by atoms with Gasteiger partial charge in [0.2, 0.25) is 5.13 Å². The molecule has 3 aromatic carbocycles. The Hall–Kier alpha value is -4.36. The van der Waals surface area contributed by atoms with E-state index in [9.17, 15) is 4.79 Å². The lowest BCUT2D eigenvalue weighted by atomic mass is 10.1. The van der Waals surface area contributed by atoms with Crippen LogP contribution in [0.2, 0.25) is 0 Å². The van der Waals surface area contributed by atoms with Gasteiger partial charge < -0.3 is 0 Å². The molecule has 0 unspecified atom stereocenters. The highest BCUT2D eigenvalue weighted by Crippen LogP contribution is 2.24. The van der Waals surface area contributed by atoms with Crippen molar-refractivity contribution >= 4 is 22.7 Å². The molecule has 0 saturated heterocycles. The second-order valence-corrected chi connectivity index (χ2v) is 8.06.